The molecule has 0 aliphatic heterocycles. The Morgan fingerprint density at radius 3 is 3.17 bits per heavy atom. The number of hydrogen-bond acceptors (Lipinski definition) is 6. The number of esters is 1. The average Bonchev–Trinajstić information content (AvgIpc) is 3.04. The summed E-state index contributed by atoms with van der Waals surface area (Å²) in [6, 6.07) is 5.86. The van der Waals surface area contributed by atoms with E-state index in [0.717, 1.165) is 16.3 Å². The maximum Gasteiger partial charge on any atom is 0.318 e. The molecular formula is C12H13NO3S2. The van der Waals surface area contributed by atoms with E-state index in [1.807, 2.05) is 30.5 Å². The zero-order valence-corrected chi connectivity index (χ0v) is 11.7. The topological polar surface area (TPSA) is 52.3 Å². The molecule has 1 atom stereocenters. The summed E-state index contributed by atoms with van der Waals surface area (Å²) in [4.78, 5) is 12.3. The molecule has 2 aromatic rings. The van der Waals surface area contributed by atoms with Crippen LogP contribution >= 0.6 is 23.1 Å². The van der Waals surface area contributed by atoms with Gasteiger partial charge in [0, 0.05) is 11.8 Å². The molecule has 0 N–H and O–H groups in total. The van der Waals surface area contributed by atoms with Crippen LogP contribution in [0.25, 0.3) is 10.6 Å². The molecule has 0 spiro atoms. The molecule has 2 heterocycles. The van der Waals surface area contributed by atoms with Crippen molar-refractivity contribution in [3.05, 3.63) is 29.3 Å². The zero-order valence-electron chi connectivity index (χ0n) is 10.1. The highest BCUT2D eigenvalue weighted by molar-refractivity contribution is 7.99. The fourth-order valence-corrected chi connectivity index (χ4v) is 2.82. The van der Waals surface area contributed by atoms with Gasteiger partial charge in [0.2, 0.25) is 0 Å². The molecule has 96 valence electrons. The summed E-state index contributed by atoms with van der Waals surface area (Å²) in [5.41, 5.74) is 0.833. The highest BCUT2D eigenvalue weighted by Gasteiger charge is 2.15. The third-order valence-corrected chi connectivity index (χ3v) is 4.38. The lowest BCUT2D eigenvalue weighted by atomic mass is 10.3. The van der Waals surface area contributed by atoms with Crippen LogP contribution in [0.4, 0.5) is 0 Å². The summed E-state index contributed by atoms with van der Waals surface area (Å²) >= 11 is 3.09. The lowest BCUT2D eigenvalue weighted by molar-refractivity contribution is -0.139. The van der Waals surface area contributed by atoms with Gasteiger partial charge in [0.1, 0.15) is 0 Å². The fraction of sp³-hybridized carbons (Fsp3) is 0.333. The summed E-state index contributed by atoms with van der Waals surface area (Å²) in [7, 11) is 1.39. The standard InChI is InChI=1S/C12H13NO3S2/c1-8(12(14)15-2)18-7-9-6-10(16-13-9)11-4-3-5-17-11/h3-6,8H,7H2,1-2H3. The largest absolute Gasteiger partial charge is 0.468 e. The molecule has 18 heavy (non-hydrogen) atoms. The Kier molecular flexibility index (Phi) is 4.43. The molecule has 2 aromatic heterocycles. The monoisotopic (exact) mass is 283 g/mol. The van der Waals surface area contributed by atoms with Crippen molar-refractivity contribution in [3.63, 3.8) is 0 Å². The number of aromatic nitrogens is 1. The molecular weight excluding hydrogens is 270 g/mol. The van der Waals surface area contributed by atoms with E-state index in [-0.39, 0.29) is 11.2 Å². The number of carbonyl (C=O) groups excluding carboxylic acids is 1. The van der Waals surface area contributed by atoms with Gasteiger partial charge in [-0.3, -0.25) is 4.79 Å². The Labute approximate surface area is 113 Å². The van der Waals surface area contributed by atoms with Crippen molar-refractivity contribution in [2.75, 3.05) is 7.11 Å². The van der Waals surface area contributed by atoms with Crippen LogP contribution in [0.15, 0.2) is 28.1 Å². The van der Waals surface area contributed by atoms with Gasteiger partial charge in [0.25, 0.3) is 0 Å². The predicted molar refractivity (Wildman–Crippen MR) is 72.6 cm³/mol. The third kappa shape index (κ3) is 3.14. The van der Waals surface area contributed by atoms with Gasteiger partial charge >= 0.3 is 5.97 Å². The molecule has 0 radical (unpaired) electrons. The van der Waals surface area contributed by atoms with Crippen LogP contribution in [-0.4, -0.2) is 23.5 Å². The molecule has 0 aliphatic carbocycles. The second-order valence-corrected chi connectivity index (χ2v) is 5.91. The Balaban J connectivity index is 1.93. The van der Waals surface area contributed by atoms with Crippen LogP contribution in [0, 0.1) is 0 Å². The molecule has 0 saturated heterocycles. The number of ether oxygens (including phenoxy) is 1. The normalized spacial score (nSPS) is 12.3. The van der Waals surface area contributed by atoms with Crippen molar-refractivity contribution in [1.29, 1.82) is 0 Å². The molecule has 1 unspecified atom stereocenters. The van der Waals surface area contributed by atoms with E-state index in [2.05, 4.69) is 9.89 Å². The quantitative estimate of drug-likeness (QED) is 0.789. The molecule has 0 aromatic carbocycles. The SMILES string of the molecule is COC(=O)C(C)SCc1cc(-c2cccs2)on1. The lowest BCUT2D eigenvalue weighted by Gasteiger charge is -2.06. The van der Waals surface area contributed by atoms with Crippen molar-refractivity contribution in [2.24, 2.45) is 0 Å². The molecule has 2 rings (SSSR count). The van der Waals surface area contributed by atoms with E-state index in [4.69, 9.17) is 4.52 Å². The minimum Gasteiger partial charge on any atom is -0.468 e. The number of methoxy groups -OCH3 is 1. The van der Waals surface area contributed by atoms with Gasteiger partial charge in [-0.1, -0.05) is 11.2 Å². The molecule has 0 saturated carbocycles. The average molecular weight is 283 g/mol. The fourth-order valence-electron chi connectivity index (χ4n) is 1.36. The highest BCUT2D eigenvalue weighted by Crippen LogP contribution is 2.27. The minimum atomic E-state index is -0.220. The van der Waals surface area contributed by atoms with Gasteiger partial charge in [0.05, 0.1) is 22.9 Å². The Bertz CT molecular complexity index is 507. The summed E-state index contributed by atoms with van der Waals surface area (Å²) in [5, 5.41) is 5.78. The Morgan fingerprint density at radius 2 is 2.50 bits per heavy atom. The molecule has 4 nitrogen and oxygen atoms in total. The number of thiophene rings is 1. The van der Waals surface area contributed by atoms with Crippen LogP contribution in [0.3, 0.4) is 0 Å². The molecule has 0 fully saturated rings. The van der Waals surface area contributed by atoms with Gasteiger partial charge < -0.3 is 9.26 Å². The third-order valence-electron chi connectivity index (χ3n) is 2.34. The van der Waals surface area contributed by atoms with E-state index < -0.39 is 0 Å². The molecule has 0 amide bonds. The van der Waals surface area contributed by atoms with Gasteiger partial charge in [-0.2, -0.15) is 0 Å². The van der Waals surface area contributed by atoms with E-state index in [9.17, 15) is 4.79 Å². The van der Waals surface area contributed by atoms with Crippen LogP contribution in [0.2, 0.25) is 0 Å². The maximum atomic E-state index is 11.2. The van der Waals surface area contributed by atoms with Gasteiger partial charge in [-0.05, 0) is 18.4 Å². The van der Waals surface area contributed by atoms with Crippen LogP contribution < -0.4 is 0 Å². The van der Waals surface area contributed by atoms with E-state index in [1.54, 1.807) is 11.3 Å². The van der Waals surface area contributed by atoms with Crippen LogP contribution in [0.1, 0.15) is 12.6 Å². The van der Waals surface area contributed by atoms with Crippen molar-refractivity contribution < 1.29 is 14.1 Å². The smallest absolute Gasteiger partial charge is 0.318 e. The zero-order chi connectivity index (χ0) is 13.0. The van der Waals surface area contributed by atoms with Crippen LogP contribution in [0.5, 0.6) is 0 Å². The number of carbonyl (C=O) groups is 1. The number of thioether (sulfide) groups is 1. The van der Waals surface area contributed by atoms with Crippen molar-refractivity contribution >= 4 is 29.1 Å². The Hall–Kier alpha value is -1.27. The maximum absolute atomic E-state index is 11.2. The predicted octanol–water partition coefficient (Wildman–Crippen LogP) is 3.20. The second-order valence-electron chi connectivity index (χ2n) is 3.64. The number of rotatable bonds is 5. The van der Waals surface area contributed by atoms with Crippen molar-refractivity contribution in [3.8, 4) is 10.6 Å². The number of hydrogen-bond donors (Lipinski definition) is 0. The van der Waals surface area contributed by atoms with Gasteiger partial charge in [-0.15, -0.1) is 23.1 Å². The second kappa shape index (κ2) is 6.06. The first-order valence-corrected chi connectivity index (χ1v) is 7.32. The van der Waals surface area contributed by atoms with Crippen molar-refractivity contribution in [2.45, 2.75) is 17.9 Å². The first-order valence-electron chi connectivity index (χ1n) is 5.39. The molecule has 0 bridgehead atoms. The first-order chi connectivity index (χ1) is 8.70. The Morgan fingerprint density at radius 1 is 1.67 bits per heavy atom. The molecule has 6 heteroatoms. The summed E-state index contributed by atoms with van der Waals surface area (Å²) in [5.74, 6) is 1.18. The summed E-state index contributed by atoms with van der Waals surface area (Å²) in [6.45, 7) is 1.82. The minimum absolute atomic E-state index is 0.197. The van der Waals surface area contributed by atoms with Crippen LogP contribution in [-0.2, 0) is 15.3 Å². The number of nitrogens with zero attached hydrogens (tertiary/aromatic N) is 1. The van der Waals surface area contributed by atoms with Crippen molar-refractivity contribution in [1.82, 2.24) is 5.16 Å². The van der Waals surface area contributed by atoms with E-state index in [1.165, 1.54) is 18.9 Å². The summed E-state index contributed by atoms with van der Waals surface area (Å²) in [6.07, 6.45) is 0. The van der Waals surface area contributed by atoms with E-state index >= 15 is 0 Å². The highest BCUT2D eigenvalue weighted by atomic mass is 32.2. The summed E-state index contributed by atoms with van der Waals surface area (Å²) < 4.78 is 9.92. The van der Waals surface area contributed by atoms with Gasteiger partial charge in [-0.25, -0.2) is 0 Å². The van der Waals surface area contributed by atoms with E-state index in [0.29, 0.717) is 5.75 Å². The molecule has 0 aliphatic rings. The van der Waals surface area contributed by atoms with Gasteiger partial charge in [0.15, 0.2) is 5.76 Å². The lowest BCUT2D eigenvalue weighted by Crippen LogP contribution is -2.14. The first kappa shape index (κ1) is 13.2.